The largest absolute Gasteiger partial charge is 0.397 e. The van der Waals surface area contributed by atoms with Gasteiger partial charge in [0.1, 0.15) is 0 Å². The number of anilines is 1. The van der Waals surface area contributed by atoms with Gasteiger partial charge in [-0.2, -0.15) is 0 Å². The SMILES string of the molecule is CCn1ccc(=O)c2cccc(N)c21. The van der Waals surface area contributed by atoms with Crippen molar-refractivity contribution < 1.29 is 0 Å². The number of hydrogen-bond acceptors (Lipinski definition) is 2. The molecule has 3 heteroatoms. The van der Waals surface area contributed by atoms with Crippen LogP contribution in [0.4, 0.5) is 5.69 Å². The van der Waals surface area contributed by atoms with E-state index in [4.69, 9.17) is 5.73 Å². The molecule has 1 aromatic carbocycles. The third-order valence-corrected chi connectivity index (χ3v) is 2.37. The molecule has 0 aliphatic carbocycles. The highest BCUT2D eigenvalue weighted by atomic mass is 16.1. The topological polar surface area (TPSA) is 48.0 Å². The zero-order chi connectivity index (χ0) is 10.1. The Morgan fingerprint density at radius 3 is 2.86 bits per heavy atom. The Labute approximate surface area is 81.8 Å². The molecule has 14 heavy (non-hydrogen) atoms. The number of para-hydroxylation sites is 1. The zero-order valence-electron chi connectivity index (χ0n) is 8.03. The van der Waals surface area contributed by atoms with Crippen LogP contribution in [-0.4, -0.2) is 4.57 Å². The number of pyridine rings is 1. The van der Waals surface area contributed by atoms with Crippen LogP contribution in [0.1, 0.15) is 6.92 Å². The molecule has 2 N–H and O–H groups in total. The van der Waals surface area contributed by atoms with E-state index < -0.39 is 0 Å². The van der Waals surface area contributed by atoms with Crippen molar-refractivity contribution in [3.8, 4) is 0 Å². The summed E-state index contributed by atoms with van der Waals surface area (Å²) in [7, 11) is 0. The molecule has 3 nitrogen and oxygen atoms in total. The molecule has 0 aliphatic heterocycles. The fraction of sp³-hybridized carbons (Fsp3) is 0.182. The van der Waals surface area contributed by atoms with Gasteiger partial charge >= 0.3 is 0 Å². The van der Waals surface area contributed by atoms with Crippen LogP contribution in [0.15, 0.2) is 35.3 Å². The summed E-state index contributed by atoms with van der Waals surface area (Å²) in [4.78, 5) is 11.5. The lowest BCUT2D eigenvalue weighted by Gasteiger charge is -2.09. The second kappa shape index (κ2) is 3.18. The van der Waals surface area contributed by atoms with Crippen LogP contribution in [0.5, 0.6) is 0 Å². The van der Waals surface area contributed by atoms with E-state index in [1.165, 1.54) is 0 Å². The number of nitrogens with zero attached hydrogens (tertiary/aromatic N) is 1. The monoisotopic (exact) mass is 188 g/mol. The van der Waals surface area contributed by atoms with Crippen molar-refractivity contribution in [1.82, 2.24) is 4.57 Å². The smallest absolute Gasteiger partial charge is 0.189 e. The summed E-state index contributed by atoms with van der Waals surface area (Å²) in [5.41, 5.74) is 7.36. The average Bonchev–Trinajstić information content (AvgIpc) is 2.20. The van der Waals surface area contributed by atoms with Gasteiger partial charge in [-0.25, -0.2) is 0 Å². The Balaban J connectivity index is 3.00. The summed E-state index contributed by atoms with van der Waals surface area (Å²) >= 11 is 0. The number of nitrogens with two attached hydrogens (primary N) is 1. The predicted octanol–water partition coefficient (Wildman–Crippen LogP) is 1.60. The number of nitrogen functional groups attached to an aromatic ring is 1. The van der Waals surface area contributed by atoms with Gasteiger partial charge in [-0.3, -0.25) is 4.79 Å². The molecule has 2 aromatic rings. The molecule has 0 saturated carbocycles. The Kier molecular flexibility index (Phi) is 2.00. The normalized spacial score (nSPS) is 10.6. The lowest BCUT2D eigenvalue weighted by atomic mass is 10.2. The first kappa shape index (κ1) is 8.81. The molecule has 0 atom stereocenters. The van der Waals surface area contributed by atoms with Crippen LogP contribution >= 0.6 is 0 Å². The van der Waals surface area contributed by atoms with Crippen LogP contribution in [0, 0.1) is 0 Å². The molecule has 0 amide bonds. The summed E-state index contributed by atoms with van der Waals surface area (Å²) < 4.78 is 1.98. The summed E-state index contributed by atoms with van der Waals surface area (Å²) in [6, 6.07) is 7.00. The van der Waals surface area contributed by atoms with E-state index >= 15 is 0 Å². The number of fused-ring (bicyclic) bond motifs is 1. The lowest BCUT2D eigenvalue weighted by Crippen LogP contribution is -2.08. The first-order valence-electron chi connectivity index (χ1n) is 4.61. The fourth-order valence-corrected chi connectivity index (χ4v) is 1.67. The minimum atomic E-state index is 0.0250. The van der Waals surface area contributed by atoms with Crippen molar-refractivity contribution in [3.63, 3.8) is 0 Å². The van der Waals surface area contributed by atoms with E-state index in [2.05, 4.69) is 0 Å². The minimum Gasteiger partial charge on any atom is -0.397 e. The number of hydrogen-bond donors (Lipinski definition) is 1. The standard InChI is InChI=1S/C11H12N2O/c1-2-13-7-6-10(14)8-4-3-5-9(12)11(8)13/h3-7H,2,12H2,1H3. The van der Waals surface area contributed by atoms with Gasteiger partial charge < -0.3 is 10.3 Å². The van der Waals surface area contributed by atoms with E-state index in [0.717, 1.165) is 12.1 Å². The van der Waals surface area contributed by atoms with E-state index in [-0.39, 0.29) is 5.43 Å². The molecule has 0 saturated heterocycles. The van der Waals surface area contributed by atoms with E-state index in [0.29, 0.717) is 11.1 Å². The van der Waals surface area contributed by atoms with Crippen molar-refractivity contribution in [3.05, 3.63) is 40.7 Å². The highest BCUT2D eigenvalue weighted by molar-refractivity contribution is 5.89. The maximum Gasteiger partial charge on any atom is 0.189 e. The zero-order valence-corrected chi connectivity index (χ0v) is 8.03. The van der Waals surface area contributed by atoms with Crippen molar-refractivity contribution in [2.75, 3.05) is 5.73 Å². The summed E-state index contributed by atoms with van der Waals surface area (Å²) in [6.45, 7) is 2.83. The van der Waals surface area contributed by atoms with Crippen molar-refractivity contribution in [2.45, 2.75) is 13.5 Å². The number of aromatic nitrogens is 1. The van der Waals surface area contributed by atoms with Crippen molar-refractivity contribution >= 4 is 16.6 Å². The lowest BCUT2D eigenvalue weighted by molar-refractivity contribution is 0.789. The van der Waals surface area contributed by atoms with Gasteiger partial charge in [0.05, 0.1) is 11.2 Å². The molecule has 72 valence electrons. The highest BCUT2D eigenvalue weighted by Gasteiger charge is 2.03. The third kappa shape index (κ3) is 1.18. The third-order valence-electron chi connectivity index (χ3n) is 2.37. The van der Waals surface area contributed by atoms with Crippen molar-refractivity contribution in [2.24, 2.45) is 0 Å². The second-order valence-corrected chi connectivity index (χ2v) is 3.21. The molecule has 0 radical (unpaired) electrons. The number of aryl methyl sites for hydroxylation is 1. The fourth-order valence-electron chi connectivity index (χ4n) is 1.67. The Hall–Kier alpha value is -1.77. The maximum atomic E-state index is 11.5. The molecular weight excluding hydrogens is 176 g/mol. The van der Waals surface area contributed by atoms with E-state index in [1.807, 2.05) is 17.6 Å². The average molecular weight is 188 g/mol. The van der Waals surface area contributed by atoms with E-state index in [1.54, 1.807) is 24.4 Å². The summed E-state index contributed by atoms with van der Waals surface area (Å²) in [5.74, 6) is 0. The first-order chi connectivity index (χ1) is 6.74. The second-order valence-electron chi connectivity index (χ2n) is 3.21. The van der Waals surface area contributed by atoms with Gasteiger partial charge in [-0.1, -0.05) is 6.07 Å². The van der Waals surface area contributed by atoms with Crippen LogP contribution in [-0.2, 0) is 6.54 Å². The first-order valence-corrected chi connectivity index (χ1v) is 4.61. The maximum absolute atomic E-state index is 11.5. The molecule has 0 aliphatic rings. The molecule has 0 unspecified atom stereocenters. The van der Waals surface area contributed by atoms with Crippen LogP contribution in [0.25, 0.3) is 10.9 Å². The van der Waals surface area contributed by atoms with Crippen LogP contribution in [0.3, 0.4) is 0 Å². The summed E-state index contributed by atoms with van der Waals surface area (Å²) in [6.07, 6.45) is 1.78. The molecule has 2 rings (SSSR count). The summed E-state index contributed by atoms with van der Waals surface area (Å²) in [5, 5.41) is 0.689. The van der Waals surface area contributed by atoms with E-state index in [9.17, 15) is 4.79 Å². The van der Waals surface area contributed by atoms with Crippen LogP contribution < -0.4 is 11.2 Å². The Morgan fingerprint density at radius 2 is 2.14 bits per heavy atom. The van der Waals surface area contributed by atoms with Gasteiger partial charge in [0.25, 0.3) is 0 Å². The van der Waals surface area contributed by atoms with Gasteiger partial charge in [0.15, 0.2) is 5.43 Å². The minimum absolute atomic E-state index is 0.0250. The Morgan fingerprint density at radius 1 is 1.36 bits per heavy atom. The van der Waals surface area contributed by atoms with Gasteiger partial charge in [-0.15, -0.1) is 0 Å². The molecule has 0 fully saturated rings. The van der Waals surface area contributed by atoms with Gasteiger partial charge in [0, 0.05) is 24.2 Å². The molecule has 0 spiro atoms. The molecular formula is C11H12N2O. The number of benzene rings is 1. The predicted molar refractivity (Wildman–Crippen MR) is 58.3 cm³/mol. The van der Waals surface area contributed by atoms with Crippen molar-refractivity contribution in [1.29, 1.82) is 0 Å². The quantitative estimate of drug-likeness (QED) is 0.691. The Bertz CT molecular complexity index is 528. The molecule has 0 bridgehead atoms. The molecule has 1 aromatic heterocycles. The highest BCUT2D eigenvalue weighted by Crippen LogP contribution is 2.17. The number of rotatable bonds is 1. The molecule has 1 heterocycles. The van der Waals surface area contributed by atoms with Crippen LogP contribution in [0.2, 0.25) is 0 Å². The van der Waals surface area contributed by atoms with Gasteiger partial charge in [-0.05, 0) is 19.1 Å². The van der Waals surface area contributed by atoms with Gasteiger partial charge in [0.2, 0.25) is 0 Å².